The lowest BCUT2D eigenvalue weighted by Crippen LogP contribution is -2.39. The van der Waals surface area contributed by atoms with E-state index in [-0.39, 0.29) is 23.9 Å². The summed E-state index contributed by atoms with van der Waals surface area (Å²) in [5.41, 5.74) is 1.07. The van der Waals surface area contributed by atoms with E-state index in [0.29, 0.717) is 41.5 Å². The molecule has 1 heterocycles. The fraction of sp³-hybridized carbons (Fsp3) is 0.417. The molecule has 1 fully saturated rings. The van der Waals surface area contributed by atoms with Gasteiger partial charge < -0.3 is 24.4 Å². The van der Waals surface area contributed by atoms with Gasteiger partial charge in [0.1, 0.15) is 12.4 Å². The summed E-state index contributed by atoms with van der Waals surface area (Å²) in [6, 6.07) is 12.4. The molecule has 0 spiro atoms. The van der Waals surface area contributed by atoms with Crippen LogP contribution in [0.15, 0.2) is 42.5 Å². The molecule has 7 heteroatoms. The molecule has 166 valence electrons. The molecule has 0 saturated carbocycles. The average Bonchev–Trinajstić information content (AvgIpc) is 3.25. The zero-order valence-corrected chi connectivity index (χ0v) is 18.5. The topological polar surface area (TPSA) is 77.1 Å². The van der Waals surface area contributed by atoms with Gasteiger partial charge in [-0.05, 0) is 63.1 Å². The van der Waals surface area contributed by atoms with E-state index < -0.39 is 0 Å². The molecule has 1 atom stereocenters. The van der Waals surface area contributed by atoms with Crippen LogP contribution in [-0.2, 0) is 0 Å². The summed E-state index contributed by atoms with van der Waals surface area (Å²) in [7, 11) is 3.08. The van der Waals surface area contributed by atoms with Crippen molar-refractivity contribution in [1.29, 1.82) is 0 Å². The van der Waals surface area contributed by atoms with Crippen LogP contribution in [0, 0.1) is 0 Å². The van der Waals surface area contributed by atoms with E-state index in [1.54, 1.807) is 49.6 Å². The van der Waals surface area contributed by atoms with Gasteiger partial charge in [-0.1, -0.05) is 6.07 Å². The number of rotatable bonds is 8. The lowest BCUT2D eigenvalue weighted by molar-refractivity contribution is 0.0687. The number of para-hydroxylation sites is 1. The number of nitrogens with one attached hydrogen (secondary N) is 1. The summed E-state index contributed by atoms with van der Waals surface area (Å²) in [5, 5.41) is 2.86. The van der Waals surface area contributed by atoms with E-state index in [4.69, 9.17) is 14.2 Å². The van der Waals surface area contributed by atoms with Gasteiger partial charge in [-0.25, -0.2) is 0 Å². The maximum absolute atomic E-state index is 13.2. The Kier molecular flexibility index (Phi) is 7.39. The number of methoxy groups -OCH3 is 2. The summed E-state index contributed by atoms with van der Waals surface area (Å²) in [6.07, 6.45) is 1.78. The third-order valence-electron chi connectivity index (χ3n) is 5.25. The average molecular weight is 427 g/mol. The minimum atomic E-state index is -0.110. The Morgan fingerprint density at radius 3 is 2.48 bits per heavy atom. The molecule has 2 amide bonds. The Morgan fingerprint density at radius 2 is 1.84 bits per heavy atom. The van der Waals surface area contributed by atoms with Crippen LogP contribution >= 0.6 is 0 Å². The van der Waals surface area contributed by atoms with Crippen molar-refractivity contribution in [3.05, 3.63) is 53.6 Å². The lowest BCUT2D eigenvalue weighted by atomic mass is 10.1. The molecule has 2 aromatic carbocycles. The third-order valence-corrected chi connectivity index (χ3v) is 5.25. The second-order valence-electron chi connectivity index (χ2n) is 7.80. The molecule has 1 aliphatic rings. The van der Waals surface area contributed by atoms with Crippen LogP contribution in [0.2, 0.25) is 0 Å². The van der Waals surface area contributed by atoms with Crippen LogP contribution in [0.5, 0.6) is 17.2 Å². The summed E-state index contributed by atoms with van der Waals surface area (Å²) in [6.45, 7) is 4.90. The number of carbonyl (C=O) groups is 2. The minimum Gasteiger partial charge on any atom is -0.493 e. The van der Waals surface area contributed by atoms with Gasteiger partial charge >= 0.3 is 0 Å². The number of likely N-dealkylation sites (tertiary alicyclic amines) is 1. The molecule has 0 radical (unpaired) electrons. The largest absolute Gasteiger partial charge is 0.493 e. The lowest BCUT2D eigenvalue weighted by Gasteiger charge is -2.26. The van der Waals surface area contributed by atoms with Crippen LogP contribution < -0.4 is 19.5 Å². The van der Waals surface area contributed by atoms with E-state index in [1.165, 1.54) is 7.11 Å². The number of hydrogen-bond acceptors (Lipinski definition) is 5. The molecule has 1 aliphatic heterocycles. The fourth-order valence-corrected chi connectivity index (χ4v) is 3.73. The molecule has 31 heavy (non-hydrogen) atoms. The molecule has 0 bridgehead atoms. The molecule has 7 nitrogen and oxygen atoms in total. The maximum atomic E-state index is 13.2. The maximum Gasteiger partial charge on any atom is 0.258 e. The van der Waals surface area contributed by atoms with Crippen molar-refractivity contribution in [1.82, 2.24) is 10.2 Å². The predicted molar refractivity (Wildman–Crippen MR) is 118 cm³/mol. The van der Waals surface area contributed by atoms with Gasteiger partial charge in [0.25, 0.3) is 11.8 Å². The summed E-state index contributed by atoms with van der Waals surface area (Å²) < 4.78 is 16.7. The van der Waals surface area contributed by atoms with E-state index in [9.17, 15) is 9.59 Å². The Hall–Kier alpha value is -3.22. The van der Waals surface area contributed by atoms with E-state index >= 15 is 0 Å². The Bertz CT molecular complexity index is 911. The normalized spacial score (nSPS) is 15.6. The zero-order chi connectivity index (χ0) is 22.4. The number of benzene rings is 2. The fourth-order valence-electron chi connectivity index (χ4n) is 3.73. The highest BCUT2D eigenvalue weighted by Gasteiger charge is 2.32. The molecular weight excluding hydrogens is 396 g/mol. The smallest absolute Gasteiger partial charge is 0.258 e. The molecule has 3 rings (SSSR count). The second-order valence-corrected chi connectivity index (χ2v) is 7.80. The first-order chi connectivity index (χ1) is 14.9. The molecule has 1 saturated heterocycles. The molecule has 1 N–H and O–H groups in total. The quantitative estimate of drug-likeness (QED) is 0.699. The standard InChI is InChI=1S/C24H30N2O5/c1-16(2)25-23(27)17-10-12-19(13-11-17)31-15-18-7-6-14-26(18)24(28)20-8-5-9-21(29-3)22(20)30-4/h5,8-13,16,18H,6-7,14-15H2,1-4H3,(H,25,27). The van der Waals surface area contributed by atoms with Crippen molar-refractivity contribution >= 4 is 11.8 Å². The van der Waals surface area contributed by atoms with Gasteiger partial charge in [0.2, 0.25) is 0 Å². The van der Waals surface area contributed by atoms with Crippen LogP contribution in [-0.4, -0.2) is 56.2 Å². The molecule has 1 unspecified atom stereocenters. The minimum absolute atomic E-state index is 0.0349. The monoisotopic (exact) mass is 426 g/mol. The Labute approximate surface area is 183 Å². The van der Waals surface area contributed by atoms with Crippen LogP contribution in [0.4, 0.5) is 0 Å². The van der Waals surface area contributed by atoms with Gasteiger partial charge in [-0.2, -0.15) is 0 Å². The molecule has 2 aromatic rings. The summed E-state index contributed by atoms with van der Waals surface area (Å²) >= 11 is 0. The second kappa shape index (κ2) is 10.2. The van der Waals surface area contributed by atoms with Crippen molar-refractivity contribution in [3.8, 4) is 17.2 Å². The number of nitrogens with zero attached hydrogens (tertiary/aromatic N) is 1. The van der Waals surface area contributed by atoms with Gasteiger partial charge in [-0.3, -0.25) is 9.59 Å². The molecule has 0 aromatic heterocycles. The van der Waals surface area contributed by atoms with E-state index in [0.717, 1.165) is 12.8 Å². The molecular formula is C24H30N2O5. The van der Waals surface area contributed by atoms with Crippen molar-refractivity contribution in [2.75, 3.05) is 27.4 Å². The number of hydrogen-bond donors (Lipinski definition) is 1. The number of amides is 2. The zero-order valence-electron chi connectivity index (χ0n) is 18.5. The summed E-state index contributed by atoms with van der Waals surface area (Å²) in [4.78, 5) is 27.1. The first-order valence-corrected chi connectivity index (χ1v) is 10.5. The van der Waals surface area contributed by atoms with Gasteiger partial charge in [-0.15, -0.1) is 0 Å². The van der Waals surface area contributed by atoms with Crippen LogP contribution in [0.25, 0.3) is 0 Å². The van der Waals surface area contributed by atoms with Crippen molar-refractivity contribution < 1.29 is 23.8 Å². The van der Waals surface area contributed by atoms with Gasteiger partial charge in [0.05, 0.1) is 25.8 Å². The van der Waals surface area contributed by atoms with Crippen LogP contribution in [0.3, 0.4) is 0 Å². The molecule has 0 aliphatic carbocycles. The Balaban J connectivity index is 1.65. The van der Waals surface area contributed by atoms with Crippen molar-refractivity contribution in [2.24, 2.45) is 0 Å². The van der Waals surface area contributed by atoms with E-state index in [2.05, 4.69) is 5.32 Å². The predicted octanol–water partition coefficient (Wildman–Crippen LogP) is 3.53. The third kappa shape index (κ3) is 5.29. The van der Waals surface area contributed by atoms with Crippen molar-refractivity contribution in [2.45, 2.75) is 38.8 Å². The SMILES string of the molecule is COc1cccc(C(=O)N2CCCC2COc2ccc(C(=O)NC(C)C)cc2)c1OC. The number of carbonyl (C=O) groups excluding carboxylic acids is 2. The highest BCUT2D eigenvalue weighted by Crippen LogP contribution is 2.33. The summed E-state index contributed by atoms with van der Waals surface area (Å²) in [5.74, 6) is 1.43. The van der Waals surface area contributed by atoms with Gasteiger partial charge in [0, 0.05) is 18.2 Å². The first kappa shape index (κ1) is 22.5. The van der Waals surface area contributed by atoms with Crippen LogP contribution in [0.1, 0.15) is 47.4 Å². The van der Waals surface area contributed by atoms with E-state index in [1.807, 2.05) is 18.7 Å². The first-order valence-electron chi connectivity index (χ1n) is 10.5. The highest BCUT2D eigenvalue weighted by molar-refractivity contribution is 5.98. The highest BCUT2D eigenvalue weighted by atomic mass is 16.5. The number of ether oxygens (including phenoxy) is 3. The van der Waals surface area contributed by atoms with Crippen molar-refractivity contribution in [3.63, 3.8) is 0 Å². The van der Waals surface area contributed by atoms with Gasteiger partial charge in [0.15, 0.2) is 11.5 Å². The Morgan fingerprint density at radius 1 is 1.10 bits per heavy atom.